The van der Waals surface area contributed by atoms with Crippen molar-refractivity contribution in [2.75, 3.05) is 0 Å². The van der Waals surface area contributed by atoms with E-state index < -0.39 is 0 Å². The van der Waals surface area contributed by atoms with Gasteiger partial charge in [-0.25, -0.2) is 0 Å². The van der Waals surface area contributed by atoms with E-state index >= 15 is 0 Å². The van der Waals surface area contributed by atoms with Crippen LogP contribution in [0.3, 0.4) is 0 Å². The largest absolute Gasteiger partial charge is 0.506 e. The lowest BCUT2D eigenvalue weighted by atomic mass is 10.2. The number of para-hydroxylation sites is 2. The molecule has 6 heteroatoms. The van der Waals surface area contributed by atoms with Crippen molar-refractivity contribution >= 4 is 56.5 Å². The molecule has 4 nitrogen and oxygen atoms in total. The van der Waals surface area contributed by atoms with Crippen LogP contribution in [-0.2, 0) is 0 Å². The van der Waals surface area contributed by atoms with Gasteiger partial charge in [0.15, 0.2) is 0 Å². The van der Waals surface area contributed by atoms with Crippen LogP contribution in [0.4, 0.5) is 0 Å². The number of pyridine rings is 2. The molecule has 114 valence electrons. The Bertz CT molecular complexity index is 845. The van der Waals surface area contributed by atoms with Crippen molar-refractivity contribution in [2.24, 2.45) is 0 Å². The Labute approximate surface area is 161 Å². The van der Waals surface area contributed by atoms with Gasteiger partial charge in [0.25, 0.3) is 0 Å². The molecule has 0 aliphatic rings. The van der Waals surface area contributed by atoms with Crippen LogP contribution in [0.5, 0.6) is 11.5 Å². The van der Waals surface area contributed by atoms with Crippen LogP contribution in [0.15, 0.2) is 73.1 Å². The summed E-state index contributed by atoms with van der Waals surface area (Å²) in [5.74, 6) is 0.478. The molecule has 0 saturated heterocycles. The lowest BCUT2D eigenvalue weighted by molar-refractivity contribution is 0.480. The molecule has 2 aromatic heterocycles. The maximum atomic E-state index is 9.31. The highest BCUT2D eigenvalue weighted by molar-refractivity contribution is 5.84. The van der Waals surface area contributed by atoms with Gasteiger partial charge < -0.3 is 10.2 Å². The van der Waals surface area contributed by atoms with Gasteiger partial charge in [0.2, 0.25) is 0 Å². The highest BCUT2D eigenvalue weighted by Gasteiger charge is 1.97. The first kappa shape index (κ1) is 20.0. The number of benzene rings is 2. The minimum atomic E-state index is 0. The third-order valence-electron chi connectivity index (χ3n) is 3.22. The van der Waals surface area contributed by atoms with Gasteiger partial charge in [-0.3, -0.25) is 9.97 Å². The number of aromatic hydroxyl groups is 2. The number of hydrogen-bond donors (Lipinski definition) is 2. The second-order valence-electron chi connectivity index (χ2n) is 4.70. The zero-order valence-electron chi connectivity index (χ0n) is 12.9. The number of phenols is 2. The van der Waals surface area contributed by atoms with Crippen molar-refractivity contribution in [1.29, 1.82) is 0 Å². The van der Waals surface area contributed by atoms with E-state index in [1.165, 1.54) is 0 Å². The van der Waals surface area contributed by atoms with Gasteiger partial charge in [-0.05, 0) is 24.3 Å². The Morgan fingerprint density at radius 2 is 0.917 bits per heavy atom. The summed E-state index contributed by atoms with van der Waals surface area (Å²) >= 11 is 0. The second kappa shape index (κ2) is 9.28. The van der Waals surface area contributed by atoms with Gasteiger partial charge in [0.05, 0.1) is 0 Å². The first-order valence-corrected chi connectivity index (χ1v) is 6.81. The number of aromatic nitrogens is 2. The third kappa shape index (κ3) is 4.48. The molecule has 0 aliphatic heterocycles. The Kier molecular flexibility index (Phi) is 7.72. The van der Waals surface area contributed by atoms with Crippen LogP contribution in [0, 0.1) is 0 Å². The first-order chi connectivity index (χ1) is 10.8. The number of nitrogens with zero attached hydrogens (tertiary/aromatic N) is 2. The summed E-state index contributed by atoms with van der Waals surface area (Å²) in [6.07, 6.45) is 3.34. The zero-order chi connectivity index (χ0) is 15.4. The third-order valence-corrected chi connectivity index (χ3v) is 3.22. The molecule has 2 N–H and O–H groups in total. The molecule has 6 radical (unpaired) electrons. The minimum Gasteiger partial charge on any atom is -0.506 e. The van der Waals surface area contributed by atoms with E-state index in [0.29, 0.717) is 11.0 Å². The van der Waals surface area contributed by atoms with Crippen LogP contribution in [0.25, 0.3) is 21.8 Å². The second-order valence-corrected chi connectivity index (χ2v) is 4.70. The van der Waals surface area contributed by atoms with Crippen molar-refractivity contribution in [3.05, 3.63) is 73.1 Å². The van der Waals surface area contributed by atoms with Gasteiger partial charge in [-0.1, -0.05) is 36.4 Å². The monoisotopic (exact) mass is 344 g/mol. The normalized spacial score (nSPS) is 9.33. The highest BCUT2D eigenvalue weighted by atomic mass is 27.0. The number of hydrogen-bond acceptors (Lipinski definition) is 4. The average Bonchev–Trinajstić information content (AvgIpc) is 2.57. The number of phenolic OH excluding ortho intramolecular Hbond substituents is 2. The minimum absolute atomic E-state index is 0. The van der Waals surface area contributed by atoms with E-state index in [2.05, 4.69) is 9.97 Å². The molecule has 2 aromatic carbocycles. The standard InChI is InChI=1S/2C9H7NO.2Al/c2*11-8-5-1-3-7-4-2-6-10-9(7)8;;/h2*1-6,11H;;. The highest BCUT2D eigenvalue weighted by Crippen LogP contribution is 2.21. The molecule has 0 bridgehead atoms. The van der Waals surface area contributed by atoms with Crippen LogP contribution in [0.2, 0.25) is 0 Å². The summed E-state index contributed by atoms with van der Waals surface area (Å²) in [7, 11) is 0. The molecule has 4 aromatic rings. The predicted molar refractivity (Wildman–Crippen MR) is 98.3 cm³/mol. The smallest absolute Gasteiger partial charge is 0.141 e. The Morgan fingerprint density at radius 3 is 1.29 bits per heavy atom. The van der Waals surface area contributed by atoms with E-state index in [9.17, 15) is 10.2 Å². The average molecular weight is 344 g/mol. The van der Waals surface area contributed by atoms with E-state index in [1.54, 1.807) is 36.7 Å². The summed E-state index contributed by atoms with van der Waals surface area (Å²) in [5.41, 5.74) is 1.32. The molecule has 0 aliphatic carbocycles. The van der Waals surface area contributed by atoms with E-state index in [4.69, 9.17) is 0 Å². The van der Waals surface area contributed by atoms with Crippen molar-refractivity contribution in [1.82, 2.24) is 9.97 Å². The summed E-state index contributed by atoms with van der Waals surface area (Å²) in [4.78, 5) is 8.06. The van der Waals surface area contributed by atoms with Gasteiger partial charge in [-0.2, -0.15) is 0 Å². The molecule has 0 fully saturated rings. The maximum Gasteiger partial charge on any atom is 0.141 e. The SMILES string of the molecule is Oc1cccc2cccnc12.Oc1cccc2cccnc12.[Al].[Al]. The lowest BCUT2D eigenvalue weighted by Crippen LogP contribution is -1.76. The fourth-order valence-electron chi connectivity index (χ4n) is 2.18. The Hall–Kier alpha value is -2.08. The molecule has 0 saturated carbocycles. The van der Waals surface area contributed by atoms with Gasteiger partial charge in [0.1, 0.15) is 22.5 Å². The molecule has 24 heavy (non-hydrogen) atoms. The fourth-order valence-corrected chi connectivity index (χ4v) is 2.18. The maximum absolute atomic E-state index is 9.31. The molecule has 4 rings (SSSR count). The molecular formula is C18H14Al2N2O2. The molecule has 0 atom stereocenters. The summed E-state index contributed by atoms with van der Waals surface area (Å²) in [6, 6.07) is 18.3. The molecule has 0 unspecified atom stereocenters. The lowest BCUT2D eigenvalue weighted by Gasteiger charge is -1.96. The topological polar surface area (TPSA) is 66.2 Å². The van der Waals surface area contributed by atoms with Crippen molar-refractivity contribution in [2.45, 2.75) is 0 Å². The summed E-state index contributed by atoms with van der Waals surface area (Å²) < 4.78 is 0. The number of rotatable bonds is 0. The van der Waals surface area contributed by atoms with E-state index in [-0.39, 0.29) is 46.2 Å². The quantitative estimate of drug-likeness (QED) is 0.481. The molecular weight excluding hydrogens is 330 g/mol. The zero-order valence-corrected chi connectivity index (χ0v) is 15.2. The molecule has 2 heterocycles. The van der Waals surface area contributed by atoms with Crippen LogP contribution >= 0.6 is 0 Å². The van der Waals surface area contributed by atoms with Crippen molar-refractivity contribution in [3.8, 4) is 11.5 Å². The predicted octanol–water partition coefficient (Wildman–Crippen LogP) is 3.12. The van der Waals surface area contributed by atoms with Crippen LogP contribution in [0.1, 0.15) is 0 Å². The number of fused-ring (bicyclic) bond motifs is 2. The van der Waals surface area contributed by atoms with Gasteiger partial charge in [0, 0.05) is 57.9 Å². The first-order valence-electron chi connectivity index (χ1n) is 6.81. The van der Waals surface area contributed by atoms with Crippen molar-refractivity contribution in [3.63, 3.8) is 0 Å². The molecule has 0 amide bonds. The Morgan fingerprint density at radius 1 is 0.542 bits per heavy atom. The van der Waals surface area contributed by atoms with Crippen LogP contribution in [-0.4, -0.2) is 54.9 Å². The Balaban J connectivity index is 0.000000222. The summed E-state index contributed by atoms with van der Waals surface area (Å²) in [6.45, 7) is 0. The van der Waals surface area contributed by atoms with E-state index in [1.807, 2.05) is 36.4 Å². The molecule has 0 spiro atoms. The summed E-state index contributed by atoms with van der Waals surface area (Å²) in [5, 5.41) is 20.5. The van der Waals surface area contributed by atoms with E-state index in [0.717, 1.165) is 10.8 Å². The van der Waals surface area contributed by atoms with Gasteiger partial charge in [-0.15, -0.1) is 0 Å². The fraction of sp³-hybridized carbons (Fsp3) is 0. The van der Waals surface area contributed by atoms with Crippen LogP contribution < -0.4 is 0 Å². The van der Waals surface area contributed by atoms with Gasteiger partial charge >= 0.3 is 0 Å². The van der Waals surface area contributed by atoms with Crippen molar-refractivity contribution < 1.29 is 10.2 Å².